The molecule has 0 radical (unpaired) electrons. The van der Waals surface area contributed by atoms with Crippen molar-refractivity contribution in [2.75, 3.05) is 5.32 Å². The Morgan fingerprint density at radius 2 is 2.00 bits per heavy atom. The lowest BCUT2D eigenvalue weighted by Crippen LogP contribution is -2.15. The smallest absolute Gasteiger partial charge is 0.275 e. The second-order valence-electron chi connectivity index (χ2n) is 4.48. The van der Waals surface area contributed by atoms with Crippen LogP contribution in [0.25, 0.3) is 0 Å². The number of nitrogens with zero attached hydrogens (tertiary/aromatic N) is 2. The second-order valence-corrected chi connectivity index (χ2v) is 6.43. The average molecular weight is 326 g/mol. The van der Waals surface area contributed by atoms with Crippen molar-refractivity contribution in [2.24, 2.45) is 0 Å². The van der Waals surface area contributed by atoms with Gasteiger partial charge in [0.15, 0.2) is 10.9 Å². The fourth-order valence-electron chi connectivity index (χ4n) is 1.50. The van der Waals surface area contributed by atoms with Gasteiger partial charge < -0.3 is 5.32 Å². The maximum atomic E-state index is 12.8. The third-order valence-electron chi connectivity index (χ3n) is 2.38. The summed E-state index contributed by atoms with van der Waals surface area (Å²) in [5.41, 5.74) is 0.563. The molecule has 0 fully saturated rings. The van der Waals surface area contributed by atoms with E-state index >= 15 is 0 Å². The van der Waals surface area contributed by atoms with Gasteiger partial charge in [-0.15, -0.1) is 0 Å². The van der Waals surface area contributed by atoms with Crippen LogP contribution in [0.1, 0.15) is 24.3 Å². The maximum Gasteiger partial charge on any atom is 0.275 e. The summed E-state index contributed by atoms with van der Waals surface area (Å²) in [7, 11) is 0. The van der Waals surface area contributed by atoms with Gasteiger partial charge in [0.2, 0.25) is 0 Å². The van der Waals surface area contributed by atoms with Crippen LogP contribution in [0.2, 0.25) is 5.02 Å². The molecule has 0 atom stereocenters. The molecule has 2 rings (SSSR count). The summed E-state index contributed by atoms with van der Waals surface area (Å²) in [5, 5.41) is 3.56. The number of aromatic nitrogens is 2. The number of thioether (sulfide) groups is 1. The molecule has 0 unspecified atom stereocenters. The molecule has 0 aliphatic carbocycles. The third-order valence-corrected chi connectivity index (χ3v) is 3.54. The summed E-state index contributed by atoms with van der Waals surface area (Å²) in [4.78, 5) is 20.4. The largest absolute Gasteiger partial charge is 0.321 e. The van der Waals surface area contributed by atoms with Crippen LogP contribution >= 0.6 is 23.4 Å². The van der Waals surface area contributed by atoms with E-state index in [1.807, 2.05) is 13.8 Å². The van der Waals surface area contributed by atoms with Crippen LogP contribution in [0.3, 0.4) is 0 Å². The molecule has 0 saturated carbocycles. The van der Waals surface area contributed by atoms with Gasteiger partial charge in [0, 0.05) is 10.9 Å². The topological polar surface area (TPSA) is 54.9 Å². The van der Waals surface area contributed by atoms with Gasteiger partial charge in [0.1, 0.15) is 5.82 Å². The first-order valence-electron chi connectivity index (χ1n) is 6.22. The Labute approximate surface area is 131 Å². The van der Waals surface area contributed by atoms with Crippen LogP contribution in [-0.4, -0.2) is 21.1 Å². The normalized spacial score (nSPS) is 10.7. The van der Waals surface area contributed by atoms with Crippen molar-refractivity contribution in [2.45, 2.75) is 24.3 Å². The number of carbonyl (C=O) groups excluding carboxylic acids is 1. The van der Waals surface area contributed by atoms with Gasteiger partial charge in [-0.05, 0) is 24.3 Å². The summed E-state index contributed by atoms with van der Waals surface area (Å²) in [6.07, 6.45) is 1.40. The molecule has 7 heteroatoms. The molecule has 4 nitrogen and oxygen atoms in total. The Balaban J connectivity index is 2.19. The molecule has 1 heterocycles. The van der Waals surface area contributed by atoms with E-state index in [1.165, 1.54) is 42.2 Å². The third kappa shape index (κ3) is 4.41. The fraction of sp³-hybridized carbons (Fsp3) is 0.214. The standard InChI is InChI=1S/C14H13ClFN3OS/c1-8(2)21-14-17-7-11(15)12(19-14)13(20)18-10-5-3-9(16)4-6-10/h3-8H,1-2H3,(H,18,20). The molecule has 0 saturated heterocycles. The molecular weight excluding hydrogens is 313 g/mol. The summed E-state index contributed by atoms with van der Waals surface area (Å²) in [5.74, 6) is -0.830. The van der Waals surface area contributed by atoms with Crippen LogP contribution in [0.15, 0.2) is 35.6 Å². The average Bonchev–Trinajstić information content (AvgIpc) is 2.43. The van der Waals surface area contributed by atoms with Crippen molar-refractivity contribution in [3.8, 4) is 0 Å². The van der Waals surface area contributed by atoms with Crippen LogP contribution in [0.5, 0.6) is 0 Å². The number of benzene rings is 1. The van der Waals surface area contributed by atoms with Crippen molar-refractivity contribution in [1.29, 1.82) is 0 Å². The van der Waals surface area contributed by atoms with E-state index in [0.29, 0.717) is 16.1 Å². The highest BCUT2D eigenvalue weighted by Crippen LogP contribution is 2.22. The summed E-state index contributed by atoms with van der Waals surface area (Å²) < 4.78 is 12.8. The number of halogens is 2. The van der Waals surface area contributed by atoms with Crippen LogP contribution < -0.4 is 5.32 Å². The molecule has 0 aliphatic heterocycles. The van der Waals surface area contributed by atoms with Crippen LogP contribution in [0.4, 0.5) is 10.1 Å². The number of carbonyl (C=O) groups is 1. The van der Waals surface area contributed by atoms with Gasteiger partial charge in [0.05, 0.1) is 11.2 Å². The van der Waals surface area contributed by atoms with Gasteiger partial charge in [-0.1, -0.05) is 37.2 Å². The van der Waals surface area contributed by atoms with E-state index in [9.17, 15) is 9.18 Å². The Morgan fingerprint density at radius 3 is 2.62 bits per heavy atom. The van der Waals surface area contributed by atoms with E-state index in [-0.39, 0.29) is 16.5 Å². The first kappa shape index (κ1) is 15.7. The second kappa shape index (κ2) is 6.87. The molecule has 0 aliphatic rings. The predicted molar refractivity (Wildman–Crippen MR) is 82.4 cm³/mol. The molecule has 1 aromatic carbocycles. The number of anilines is 1. The van der Waals surface area contributed by atoms with Crippen LogP contribution in [0, 0.1) is 5.82 Å². The molecule has 21 heavy (non-hydrogen) atoms. The SMILES string of the molecule is CC(C)Sc1ncc(Cl)c(C(=O)Nc2ccc(F)cc2)n1. The highest BCUT2D eigenvalue weighted by molar-refractivity contribution is 7.99. The minimum atomic E-state index is -0.459. The van der Waals surface area contributed by atoms with E-state index < -0.39 is 5.91 Å². The number of hydrogen-bond acceptors (Lipinski definition) is 4. The number of amides is 1. The van der Waals surface area contributed by atoms with E-state index in [2.05, 4.69) is 15.3 Å². The number of hydrogen-bond donors (Lipinski definition) is 1. The van der Waals surface area contributed by atoms with E-state index in [4.69, 9.17) is 11.6 Å². The molecule has 0 bridgehead atoms. The van der Waals surface area contributed by atoms with E-state index in [0.717, 1.165) is 0 Å². The minimum Gasteiger partial charge on any atom is -0.321 e. The van der Waals surface area contributed by atoms with Crippen molar-refractivity contribution in [1.82, 2.24) is 9.97 Å². The zero-order chi connectivity index (χ0) is 15.4. The van der Waals surface area contributed by atoms with Crippen molar-refractivity contribution in [3.63, 3.8) is 0 Å². The van der Waals surface area contributed by atoms with Gasteiger partial charge in [-0.2, -0.15) is 0 Å². The molecular formula is C14H13ClFN3OS. The molecule has 110 valence electrons. The molecule has 0 spiro atoms. The minimum absolute atomic E-state index is 0.0964. The highest BCUT2D eigenvalue weighted by atomic mass is 35.5. The van der Waals surface area contributed by atoms with Crippen molar-refractivity contribution < 1.29 is 9.18 Å². The Bertz CT molecular complexity index is 649. The number of rotatable bonds is 4. The molecule has 1 amide bonds. The van der Waals surface area contributed by atoms with E-state index in [1.54, 1.807) is 0 Å². The van der Waals surface area contributed by atoms with Gasteiger partial charge >= 0.3 is 0 Å². The first-order chi connectivity index (χ1) is 9.95. The number of nitrogens with one attached hydrogen (secondary N) is 1. The fourth-order valence-corrected chi connectivity index (χ4v) is 2.36. The first-order valence-corrected chi connectivity index (χ1v) is 7.47. The quantitative estimate of drug-likeness (QED) is 0.681. The Morgan fingerprint density at radius 1 is 1.33 bits per heavy atom. The lowest BCUT2D eigenvalue weighted by Gasteiger charge is -2.08. The zero-order valence-corrected chi connectivity index (χ0v) is 13.0. The van der Waals surface area contributed by atoms with Gasteiger partial charge in [-0.3, -0.25) is 4.79 Å². The lowest BCUT2D eigenvalue weighted by atomic mass is 10.3. The van der Waals surface area contributed by atoms with Gasteiger partial charge in [0.25, 0.3) is 5.91 Å². The lowest BCUT2D eigenvalue weighted by molar-refractivity contribution is 0.102. The summed E-state index contributed by atoms with van der Waals surface area (Å²) >= 11 is 7.40. The Kier molecular flexibility index (Phi) is 5.14. The maximum absolute atomic E-state index is 12.8. The highest BCUT2D eigenvalue weighted by Gasteiger charge is 2.15. The van der Waals surface area contributed by atoms with Crippen molar-refractivity contribution >= 4 is 35.0 Å². The summed E-state index contributed by atoms with van der Waals surface area (Å²) in [6.45, 7) is 4.00. The van der Waals surface area contributed by atoms with Gasteiger partial charge in [-0.25, -0.2) is 14.4 Å². The zero-order valence-electron chi connectivity index (χ0n) is 11.4. The molecule has 1 aromatic heterocycles. The Hall–Kier alpha value is -1.66. The monoisotopic (exact) mass is 325 g/mol. The molecule has 1 N–H and O–H groups in total. The van der Waals surface area contributed by atoms with Crippen molar-refractivity contribution in [3.05, 3.63) is 47.0 Å². The summed E-state index contributed by atoms with van der Waals surface area (Å²) in [6, 6.07) is 5.45. The van der Waals surface area contributed by atoms with Crippen LogP contribution in [-0.2, 0) is 0 Å². The molecule has 2 aromatic rings. The predicted octanol–water partition coefficient (Wildman–Crippen LogP) is 4.02.